The number of hydrogen-bond acceptors (Lipinski definition) is 4. The summed E-state index contributed by atoms with van der Waals surface area (Å²) in [5.41, 5.74) is 0. The Bertz CT molecular complexity index is 367. The molecule has 2 atom stereocenters. The van der Waals surface area contributed by atoms with Gasteiger partial charge in [-0.05, 0) is 25.8 Å². The molecule has 0 amide bonds. The van der Waals surface area contributed by atoms with E-state index in [9.17, 15) is 5.26 Å². The summed E-state index contributed by atoms with van der Waals surface area (Å²) in [6.45, 7) is 1.83. The Morgan fingerprint density at radius 1 is 1.33 bits per heavy atom. The Kier molecular flexibility index (Phi) is 5.15. The highest BCUT2D eigenvalue weighted by molar-refractivity contribution is 4.93. The van der Waals surface area contributed by atoms with Gasteiger partial charge in [0.05, 0.1) is 18.2 Å². The van der Waals surface area contributed by atoms with Gasteiger partial charge in [0.2, 0.25) is 0 Å². The second kappa shape index (κ2) is 7.12. The van der Waals surface area contributed by atoms with Crippen molar-refractivity contribution in [2.24, 2.45) is 5.92 Å². The maximum Gasteiger partial charge on any atom is 0.0692 e. The van der Waals surface area contributed by atoms with Gasteiger partial charge >= 0.3 is 0 Å². The molecule has 1 fully saturated rings. The zero-order valence-corrected chi connectivity index (χ0v) is 10.8. The van der Waals surface area contributed by atoms with Gasteiger partial charge in [0, 0.05) is 18.8 Å². The minimum Gasteiger partial charge on any atom is -0.313 e. The van der Waals surface area contributed by atoms with Gasteiger partial charge in [0.25, 0.3) is 0 Å². The fourth-order valence-corrected chi connectivity index (χ4v) is 2.59. The normalized spacial score (nSPS) is 24.4. The van der Waals surface area contributed by atoms with Crippen molar-refractivity contribution >= 4 is 0 Å². The lowest BCUT2D eigenvalue weighted by molar-refractivity contribution is 0.385. The lowest BCUT2D eigenvalue weighted by Gasteiger charge is -2.20. The molecule has 5 heteroatoms. The van der Waals surface area contributed by atoms with Crippen LogP contribution in [0.15, 0.2) is 12.4 Å². The maximum atomic E-state index is 9.18. The van der Waals surface area contributed by atoms with Gasteiger partial charge in [0.15, 0.2) is 0 Å². The van der Waals surface area contributed by atoms with E-state index in [1.165, 1.54) is 19.3 Å². The van der Waals surface area contributed by atoms with E-state index in [0.717, 1.165) is 32.4 Å². The van der Waals surface area contributed by atoms with Crippen LogP contribution in [0.2, 0.25) is 0 Å². The molecule has 1 aromatic heterocycles. The average Bonchev–Trinajstić information content (AvgIpc) is 2.80. The summed E-state index contributed by atoms with van der Waals surface area (Å²) in [5, 5.41) is 20.4. The van der Waals surface area contributed by atoms with Gasteiger partial charge < -0.3 is 5.32 Å². The summed E-state index contributed by atoms with van der Waals surface area (Å²) < 4.78 is 1.84. The number of nitriles is 1. The summed E-state index contributed by atoms with van der Waals surface area (Å²) >= 11 is 0. The van der Waals surface area contributed by atoms with E-state index >= 15 is 0 Å². The third kappa shape index (κ3) is 3.81. The van der Waals surface area contributed by atoms with Crippen LogP contribution in [0.5, 0.6) is 0 Å². The number of aryl methyl sites for hydroxylation is 1. The number of aromatic nitrogens is 3. The van der Waals surface area contributed by atoms with Crippen molar-refractivity contribution in [3.05, 3.63) is 12.4 Å². The predicted octanol–water partition coefficient (Wildman–Crippen LogP) is 1.73. The molecule has 0 spiro atoms. The van der Waals surface area contributed by atoms with Crippen molar-refractivity contribution in [3.8, 4) is 6.07 Å². The molecule has 0 bridgehead atoms. The van der Waals surface area contributed by atoms with Crippen LogP contribution in [-0.4, -0.2) is 27.6 Å². The topological polar surface area (TPSA) is 66.5 Å². The van der Waals surface area contributed by atoms with Crippen LogP contribution < -0.4 is 5.32 Å². The Morgan fingerprint density at radius 2 is 2.22 bits per heavy atom. The van der Waals surface area contributed by atoms with Crippen molar-refractivity contribution in [3.63, 3.8) is 0 Å². The molecule has 1 heterocycles. The minimum atomic E-state index is 0.193. The van der Waals surface area contributed by atoms with Crippen LogP contribution in [0.4, 0.5) is 0 Å². The van der Waals surface area contributed by atoms with Crippen LogP contribution in [-0.2, 0) is 6.54 Å². The van der Waals surface area contributed by atoms with Gasteiger partial charge in [-0.2, -0.15) is 5.26 Å². The highest BCUT2D eigenvalue weighted by Crippen LogP contribution is 2.22. The van der Waals surface area contributed by atoms with Gasteiger partial charge in [-0.1, -0.05) is 24.5 Å². The molecule has 0 aromatic carbocycles. The highest BCUT2D eigenvalue weighted by atomic mass is 15.4. The van der Waals surface area contributed by atoms with Crippen LogP contribution in [0.25, 0.3) is 0 Å². The van der Waals surface area contributed by atoms with Crippen molar-refractivity contribution in [1.29, 1.82) is 5.26 Å². The Balaban J connectivity index is 1.69. The summed E-state index contributed by atoms with van der Waals surface area (Å²) in [7, 11) is 0. The molecular formula is C13H21N5. The van der Waals surface area contributed by atoms with Crippen LogP contribution in [0.1, 0.15) is 38.5 Å². The third-order valence-corrected chi connectivity index (χ3v) is 3.62. The highest BCUT2D eigenvalue weighted by Gasteiger charge is 2.22. The van der Waals surface area contributed by atoms with E-state index in [4.69, 9.17) is 0 Å². The summed E-state index contributed by atoms with van der Waals surface area (Å²) in [6, 6.07) is 2.84. The third-order valence-electron chi connectivity index (χ3n) is 3.62. The monoisotopic (exact) mass is 247 g/mol. The molecule has 5 nitrogen and oxygen atoms in total. The average molecular weight is 247 g/mol. The van der Waals surface area contributed by atoms with E-state index in [-0.39, 0.29) is 5.92 Å². The quantitative estimate of drug-likeness (QED) is 0.635. The molecule has 1 aromatic rings. The second-order valence-electron chi connectivity index (χ2n) is 4.95. The molecule has 1 aliphatic carbocycles. The first-order valence-electron chi connectivity index (χ1n) is 6.87. The lowest BCUT2D eigenvalue weighted by Crippen LogP contribution is -2.35. The van der Waals surface area contributed by atoms with E-state index in [2.05, 4.69) is 21.7 Å². The van der Waals surface area contributed by atoms with Gasteiger partial charge in [-0.3, -0.25) is 4.68 Å². The first-order chi connectivity index (χ1) is 8.90. The Morgan fingerprint density at radius 3 is 3.00 bits per heavy atom. The minimum absolute atomic E-state index is 0.193. The molecular weight excluding hydrogens is 226 g/mol. The summed E-state index contributed by atoms with van der Waals surface area (Å²) in [6.07, 6.45) is 10.5. The van der Waals surface area contributed by atoms with E-state index in [0.29, 0.717) is 6.04 Å². The Hall–Kier alpha value is -1.41. The molecule has 2 rings (SSSR count). The van der Waals surface area contributed by atoms with Crippen LogP contribution in [0, 0.1) is 17.2 Å². The van der Waals surface area contributed by atoms with Gasteiger partial charge in [0.1, 0.15) is 0 Å². The van der Waals surface area contributed by atoms with Gasteiger partial charge in [-0.25, -0.2) is 0 Å². The molecule has 0 saturated heterocycles. The number of nitrogens with zero attached hydrogens (tertiary/aromatic N) is 4. The number of rotatable bonds is 5. The Labute approximate surface area is 108 Å². The fraction of sp³-hybridized carbons (Fsp3) is 0.769. The first-order valence-corrected chi connectivity index (χ1v) is 6.87. The van der Waals surface area contributed by atoms with Crippen LogP contribution in [0.3, 0.4) is 0 Å². The molecule has 2 unspecified atom stereocenters. The maximum absolute atomic E-state index is 9.18. The van der Waals surface area contributed by atoms with Crippen molar-refractivity contribution < 1.29 is 0 Å². The second-order valence-corrected chi connectivity index (χ2v) is 4.95. The lowest BCUT2D eigenvalue weighted by atomic mass is 9.96. The molecule has 1 aliphatic rings. The number of hydrogen-bond donors (Lipinski definition) is 1. The largest absolute Gasteiger partial charge is 0.313 e. The van der Waals surface area contributed by atoms with Crippen molar-refractivity contribution in [2.45, 2.75) is 51.1 Å². The van der Waals surface area contributed by atoms with E-state index in [1.54, 1.807) is 6.20 Å². The number of nitrogens with one attached hydrogen (secondary N) is 1. The molecule has 98 valence electrons. The van der Waals surface area contributed by atoms with Crippen molar-refractivity contribution in [1.82, 2.24) is 20.3 Å². The molecule has 0 radical (unpaired) electrons. The zero-order chi connectivity index (χ0) is 12.6. The molecule has 18 heavy (non-hydrogen) atoms. The summed E-state index contributed by atoms with van der Waals surface area (Å²) in [4.78, 5) is 0. The smallest absolute Gasteiger partial charge is 0.0692 e. The SMILES string of the molecule is N#CC1CCCCCC1NCCCn1ccnn1. The standard InChI is InChI=1S/C13H21N5/c14-11-12-5-2-1-3-6-13(12)15-7-4-9-18-10-8-16-17-18/h8,10,12-13,15H,1-7,9H2. The zero-order valence-electron chi connectivity index (χ0n) is 10.8. The predicted molar refractivity (Wildman–Crippen MR) is 68.6 cm³/mol. The van der Waals surface area contributed by atoms with E-state index in [1.807, 2.05) is 10.9 Å². The van der Waals surface area contributed by atoms with E-state index < -0.39 is 0 Å². The molecule has 1 N–H and O–H groups in total. The summed E-state index contributed by atoms with van der Waals surface area (Å²) in [5.74, 6) is 0.193. The first kappa shape index (κ1) is 13.0. The fourth-order valence-electron chi connectivity index (χ4n) is 2.59. The van der Waals surface area contributed by atoms with Gasteiger partial charge in [-0.15, -0.1) is 5.10 Å². The molecule has 1 saturated carbocycles. The van der Waals surface area contributed by atoms with Crippen molar-refractivity contribution in [2.75, 3.05) is 6.54 Å². The van der Waals surface area contributed by atoms with Crippen LogP contribution >= 0.6 is 0 Å². The molecule has 0 aliphatic heterocycles.